The number of fused-ring (bicyclic) bond motifs is 1. The Labute approximate surface area is 107 Å². The normalized spacial score (nSPS) is 35.8. The van der Waals surface area contributed by atoms with Crippen molar-refractivity contribution in [1.82, 2.24) is 0 Å². The molecule has 5 unspecified atom stereocenters. The van der Waals surface area contributed by atoms with Gasteiger partial charge >= 0.3 is 11.9 Å². The lowest BCUT2D eigenvalue weighted by atomic mass is 9.91. The van der Waals surface area contributed by atoms with E-state index < -0.39 is 12.1 Å². The van der Waals surface area contributed by atoms with E-state index in [1.54, 1.807) is 13.8 Å². The number of esters is 2. The van der Waals surface area contributed by atoms with Gasteiger partial charge in [-0.05, 0) is 32.6 Å². The van der Waals surface area contributed by atoms with E-state index in [1.165, 1.54) is 0 Å². The van der Waals surface area contributed by atoms with Crippen LogP contribution in [0.4, 0.5) is 0 Å². The lowest BCUT2D eigenvalue weighted by Gasteiger charge is -2.23. The van der Waals surface area contributed by atoms with E-state index in [-0.39, 0.29) is 23.9 Å². The number of carbonyl (C=O) groups is 2. The molecule has 2 rings (SSSR count). The SMILES string of the molecule is C=C(C)C(=O)OC(C)C1OC(=O)C2CC(C)CC21. The van der Waals surface area contributed by atoms with Crippen molar-refractivity contribution in [2.24, 2.45) is 17.8 Å². The summed E-state index contributed by atoms with van der Waals surface area (Å²) in [5.74, 6) is 0.177. The Hall–Kier alpha value is -1.32. The second-order valence-corrected chi connectivity index (χ2v) is 5.64. The lowest BCUT2D eigenvalue weighted by Crippen LogP contribution is -2.33. The van der Waals surface area contributed by atoms with Gasteiger partial charge in [0.2, 0.25) is 0 Å². The summed E-state index contributed by atoms with van der Waals surface area (Å²) in [7, 11) is 0. The monoisotopic (exact) mass is 252 g/mol. The summed E-state index contributed by atoms with van der Waals surface area (Å²) in [5.41, 5.74) is 0.363. The van der Waals surface area contributed by atoms with Crippen LogP contribution in [0.3, 0.4) is 0 Å². The molecule has 1 heterocycles. The number of carbonyl (C=O) groups excluding carboxylic acids is 2. The maximum absolute atomic E-state index is 11.8. The third-order valence-electron chi connectivity index (χ3n) is 3.93. The maximum atomic E-state index is 11.8. The van der Waals surface area contributed by atoms with Crippen molar-refractivity contribution in [3.05, 3.63) is 12.2 Å². The standard InChI is InChI=1S/C14H20O4/c1-7(2)13(15)17-9(4)12-10-5-8(3)6-11(10)14(16)18-12/h8-12H,1,5-6H2,2-4H3. The average molecular weight is 252 g/mol. The first-order valence-electron chi connectivity index (χ1n) is 6.47. The van der Waals surface area contributed by atoms with Crippen molar-refractivity contribution in [3.63, 3.8) is 0 Å². The topological polar surface area (TPSA) is 52.6 Å². The number of hydrogen-bond donors (Lipinski definition) is 0. The van der Waals surface area contributed by atoms with Gasteiger partial charge in [0, 0.05) is 11.5 Å². The first-order chi connectivity index (χ1) is 8.40. The van der Waals surface area contributed by atoms with Crippen LogP contribution < -0.4 is 0 Å². The lowest BCUT2D eigenvalue weighted by molar-refractivity contribution is -0.159. The Kier molecular flexibility index (Phi) is 3.46. The molecule has 100 valence electrons. The van der Waals surface area contributed by atoms with Crippen molar-refractivity contribution in [2.45, 2.75) is 45.8 Å². The van der Waals surface area contributed by atoms with E-state index in [2.05, 4.69) is 13.5 Å². The Morgan fingerprint density at radius 3 is 2.78 bits per heavy atom. The molecule has 2 aliphatic rings. The van der Waals surface area contributed by atoms with Crippen LogP contribution in [0.5, 0.6) is 0 Å². The summed E-state index contributed by atoms with van der Waals surface area (Å²) < 4.78 is 10.6. The third-order valence-corrected chi connectivity index (χ3v) is 3.93. The third kappa shape index (κ3) is 2.28. The number of rotatable bonds is 3. The maximum Gasteiger partial charge on any atom is 0.333 e. The van der Waals surface area contributed by atoms with E-state index in [9.17, 15) is 9.59 Å². The quantitative estimate of drug-likeness (QED) is 0.570. The van der Waals surface area contributed by atoms with Gasteiger partial charge in [0.15, 0.2) is 0 Å². The molecule has 4 nitrogen and oxygen atoms in total. The predicted octanol–water partition coefficient (Wildman–Crippen LogP) is 2.08. The van der Waals surface area contributed by atoms with Crippen LogP contribution >= 0.6 is 0 Å². The minimum absolute atomic E-state index is 0.00372. The fourth-order valence-corrected chi connectivity index (χ4v) is 3.06. The molecule has 18 heavy (non-hydrogen) atoms. The van der Waals surface area contributed by atoms with Crippen molar-refractivity contribution < 1.29 is 19.1 Å². The van der Waals surface area contributed by atoms with Crippen LogP contribution in [0, 0.1) is 17.8 Å². The van der Waals surface area contributed by atoms with E-state index in [1.807, 2.05) is 0 Å². The molecule has 1 aliphatic carbocycles. The van der Waals surface area contributed by atoms with Gasteiger partial charge in [0.1, 0.15) is 12.2 Å². The van der Waals surface area contributed by atoms with Crippen molar-refractivity contribution in [1.29, 1.82) is 0 Å². The molecule has 4 heteroatoms. The highest BCUT2D eigenvalue weighted by Gasteiger charge is 2.51. The zero-order valence-electron chi connectivity index (χ0n) is 11.1. The van der Waals surface area contributed by atoms with E-state index >= 15 is 0 Å². The fraction of sp³-hybridized carbons (Fsp3) is 0.714. The van der Waals surface area contributed by atoms with Crippen molar-refractivity contribution in [2.75, 3.05) is 0 Å². The molecular weight excluding hydrogens is 232 g/mol. The van der Waals surface area contributed by atoms with Gasteiger partial charge in [0.05, 0.1) is 5.92 Å². The van der Waals surface area contributed by atoms with Crippen LogP contribution in [0.25, 0.3) is 0 Å². The van der Waals surface area contributed by atoms with Crippen LogP contribution in [0.1, 0.15) is 33.6 Å². The molecule has 0 bridgehead atoms. The Balaban J connectivity index is 2.03. The molecule has 0 aromatic heterocycles. The number of hydrogen-bond acceptors (Lipinski definition) is 4. The highest BCUT2D eigenvalue weighted by molar-refractivity contribution is 5.87. The van der Waals surface area contributed by atoms with Gasteiger partial charge in [-0.15, -0.1) is 0 Å². The van der Waals surface area contributed by atoms with Crippen molar-refractivity contribution in [3.8, 4) is 0 Å². The van der Waals surface area contributed by atoms with Gasteiger partial charge in [0.25, 0.3) is 0 Å². The van der Waals surface area contributed by atoms with E-state index in [0.29, 0.717) is 11.5 Å². The van der Waals surface area contributed by atoms with Crippen LogP contribution in [0.2, 0.25) is 0 Å². The molecule has 0 aromatic rings. The second kappa shape index (κ2) is 4.75. The first kappa shape index (κ1) is 13.1. The summed E-state index contributed by atoms with van der Waals surface area (Å²) in [5, 5.41) is 0. The van der Waals surface area contributed by atoms with Crippen LogP contribution in [-0.2, 0) is 19.1 Å². The molecule has 1 aliphatic heterocycles. The minimum Gasteiger partial charge on any atom is -0.458 e. The van der Waals surface area contributed by atoms with E-state index in [0.717, 1.165) is 12.8 Å². The zero-order chi connectivity index (χ0) is 13.4. The molecule has 0 radical (unpaired) electrons. The van der Waals surface area contributed by atoms with E-state index in [4.69, 9.17) is 9.47 Å². The Morgan fingerprint density at radius 2 is 2.17 bits per heavy atom. The van der Waals surface area contributed by atoms with Crippen molar-refractivity contribution >= 4 is 11.9 Å². The highest BCUT2D eigenvalue weighted by Crippen LogP contribution is 2.45. The van der Waals surface area contributed by atoms with Gasteiger partial charge < -0.3 is 9.47 Å². The summed E-state index contributed by atoms with van der Waals surface area (Å²) in [6, 6.07) is 0. The molecule has 0 amide bonds. The molecule has 2 fully saturated rings. The van der Waals surface area contributed by atoms with Gasteiger partial charge in [-0.1, -0.05) is 13.5 Å². The Morgan fingerprint density at radius 1 is 1.50 bits per heavy atom. The Bertz CT molecular complexity index is 387. The predicted molar refractivity (Wildman–Crippen MR) is 65.6 cm³/mol. The van der Waals surface area contributed by atoms with Gasteiger partial charge in [-0.3, -0.25) is 4.79 Å². The van der Waals surface area contributed by atoms with Crippen LogP contribution in [0.15, 0.2) is 12.2 Å². The second-order valence-electron chi connectivity index (χ2n) is 5.64. The van der Waals surface area contributed by atoms with Crippen LogP contribution in [-0.4, -0.2) is 24.1 Å². The summed E-state index contributed by atoms with van der Waals surface area (Å²) >= 11 is 0. The smallest absolute Gasteiger partial charge is 0.333 e. The van der Waals surface area contributed by atoms with Gasteiger partial charge in [-0.2, -0.15) is 0 Å². The zero-order valence-corrected chi connectivity index (χ0v) is 11.1. The summed E-state index contributed by atoms with van der Waals surface area (Å²) in [6.45, 7) is 9.08. The van der Waals surface area contributed by atoms with Gasteiger partial charge in [-0.25, -0.2) is 4.79 Å². The first-order valence-corrected chi connectivity index (χ1v) is 6.47. The minimum atomic E-state index is -0.423. The fourth-order valence-electron chi connectivity index (χ4n) is 3.06. The number of ether oxygens (including phenoxy) is 2. The summed E-state index contributed by atoms with van der Waals surface area (Å²) in [6.07, 6.45) is 1.16. The average Bonchev–Trinajstić information content (AvgIpc) is 2.78. The largest absolute Gasteiger partial charge is 0.458 e. The molecule has 0 aromatic carbocycles. The molecule has 1 saturated heterocycles. The molecule has 1 saturated carbocycles. The molecule has 0 spiro atoms. The summed E-state index contributed by atoms with van der Waals surface area (Å²) in [4.78, 5) is 23.2. The molecular formula is C14H20O4. The number of cyclic esters (lactones) is 1. The molecule has 0 N–H and O–H groups in total. The molecule has 5 atom stereocenters. The highest BCUT2D eigenvalue weighted by atomic mass is 16.6.